The van der Waals surface area contributed by atoms with Crippen LogP contribution < -0.4 is 0 Å². The van der Waals surface area contributed by atoms with Crippen molar-refractivity contribution in [2.24, 2.45) is 0 Å². The third-order valence-electron chi connectivity index (χ3n) is 5.13. The van der Waals surface area contributed by atoms with Crippen molar-refractivity contribution in [3.8, 4) is 11.3 Å². The van der Waals surface area contributed by atoms with E-state index in [0.29, 0.717) is 25.2 Å². The molecule has 7 heteroatoms. The monoisotopic (exact) mass is 433 g/mol. The largest absolute Gasteiger partial charge is 0.444 e. The molecule has 1 amide bonds. The highest BCUT2D eigenvalue weighted by Gasteiger charge is 2.32. The Morgan fingerprint density at radius 3 is 2.28 bits per heavy atom. The van der Waals surface area contributed by atoms with Crippen molar-refractivity contribution in [3.05, 3.63) is 77.5 Å². The number of hydrogen-bond acceptors (Lipinski definition) is 5. The van der Waals surface area contributed by atoms with Gasteiger partial charge in [0.15, 0.2) is 0 Å². The van der Waals surface area contributed by atoms with Gasteiger partial charge >= 0.3 is 12.2 Å². The smallest absolute Gasteiger partial charge is 0.435 e. The SMILES string of the molecule is CC(C)(C)OC(=O)N1CCc2c(c(-c3ccccc3)nn2C(=O)OCc2ccccc2)C1. The lowest BCUT2D eigenvalue weighted by molar-refractivity contribution is 0.0223. The van der Waals surface area contributed by atoms with Gasteiger partial charge in [-0.15, -0.1) is 0 Å². The van der Waals surface area contributed by atoms with Gasteiger partial charge in [0, 0.05) is 24.1 Å². The van der Waals surface area contributed by atoms with Gasteiger partial charge in [-0.05, 0) is 26.3 Å². The molecule has 0 saturated carbocycles. The fraction of sp³-hybridized carbons (Fsp3) is 0.320. The summed E-state index contributed by atoms with van der Waals surface area (Å²) in [5.41, 5.74) is 3.48. The summed E-state index contributed by atoms with van der Waals surface area (Å²) in [6, 6.07) is 19.2. The molecule has 1 aliphatic heterocycles. The molecule has 3 aromatic rings. The zero-order valence-corrected chi connectivity index (χ0v) is 18.6. The topological polar surface area (TPSA) is 73.7 Å². The van der Waals surface area contributed by atoms with Crippen LogP contribution >= 0.6 is 0 Å². The molecule has 1 aromatic heterocycles. The summed E-state index contributed by atoms with van der Waals surface area (Å²) < 4.78 is 12.4. The summed E-state index contributed by atoms with van der Waals surface area (Å²) >= 11 is 0. The first-order valence-electron chi connectivity index (χ1n) is 10.7. The highest BCUT2D eigenvalue weighted by atomic mass is 16.6. The van der Waals surface area contributed by atoms with Crippen LogP contribution in [0, 0.1) is 0 Å². The fourth-order valence-corrected chi connectivity index (χ4v) is 3.66. The maximum Gasteiger partial charge on any atom is 0.435 e. The van der Waals surface area contributed by atoms with Crippen LogP contribution in [0.25, 0.3) is 11.3 Å². The second-order valence-corrected chi connectivity index (χ2v) is 8.74. The molecule has 0 unspecified atom stereocenters. The van der Waals surface area contributed by atoms with Crippen LogP contribution in [-0.4, -0.2) is 39.0 Å². The second kappa shape index (κ2) is 8.86. The molecule has 2 heterocycles. The van der Waals surface area contributed by atoms with Crippen molar-refractivity contribution in [1.29, 1.82) is 0 Å². The Balaban J connectivity index is 1.62. The van der Waals surface area contributed by atoms with Gasteiger partial charge in [0.1, 0.15) is 12.2 Å². The van der Waals surface area contributed by atoms with Crippen molar-refractivity contribution in [2.75, 3.05) is 6.54 Å². The number of nitrogens with zero attached hydrogens (tertiary/aromatic N) is 3. The molecular weight excluding hydrogens is 406 g/mol. The first-order valence-corrected chi connectivity index (χ1v) is 10.7. The van der Waals surface area contributed by atoms with Gasteiger partial charge in [-0.3, -0.25) is 0 Å². The van der Waals surface area contributed by atoms with Crippen molar-refractivity contribution < 1.29 is 19.1 Å². The van der Waals surface area contributed by atoms with Gasteiger partial charge < -0.3 is 14.4 Å². The second-order valence-electron chi connectivity index (χ2n) is 8.74. The molecule has 0 bridgehead atoms. The molecule has 0 fully saturated rings. The third kappa shape index (κ3) is 4.82. The highest BCUT2D eigenvalue weighted by molar-refractivity contribution is 5.76. The molecule has 32 heavy (non-hydrogen) atoms. The van der Waals surface area contributed by atoms with Gasteiger partial charge in [-0.1, -0.05) is 60.7 Å². The fourth-order valence-electron chi connectivity index (χ4n) is 3.66. The van der Waals surface area contributed by atoms with E-state index in [1.165, 1.54) is 4.68 Å². The van der Waals surface area contributed by atoms with E-state index in [0.717, 1.165) is 22.4 Å². The average molecular weight is 434 g/mol. The minimum Gasteiger partial charge on any atom is -0.444 e. The van der Waals surface area contributed by atoms with Crippen molar-refractivity contribution in [2.45, 2.75) is 45.9 Å². The van der Waals surface area contributed by atoms with E-state index in [2.05, 4.69) is 5.10 Å². The summed E-state index contributed by atoms with van der Waals surface area (Å²) in [6.45, 7) is 6.45. The van der Waals surface area contributed by atoms with E-state index in [4.69, 9.17) is 9.47 Å². The van der Waals surface area contributed by atoms with E-state index in [9.17, 15) is 9.59 Å². The number of ether oxygens (including phenoxy) is 2. The maximum atomic E-state index is 12.9. The minimum atomic E-state index is -0.578. The Morgan fingerprint density at radius 2 is 1.62 bits per heavy atom. The van der Waals surface area contributed by atoms with Crippen LogP contribution in [0.5, 0.6) is 0 Å². The van der Waals surface area contributed by atoms with Gasteiger partial charge in [0.05, 0.1) is 17.9 Å². The maximum absolute atomic E-state index is 12.9. The van der Waals surface area contributed by atoms with Gasteiger partial charge in [-0.25, -0.2) is 9.59 Å². The molecule has 4 rings (SSSR count). The number of carbonyl (C=O) groups excluding carboxylic acids is 2. The molecule has 0 atom stereocenters. The first-order chi connectivity index (χ1) is 15.3. The van der Waals surface area contributed by atoms with E-state index in [1.807, 2.05) is 81.4 Å². The normalized spacial score (nSPS) is 13.4. The summed E-state index contributed by atoms with van der Waals surface area (Å²) in [7, 11) is 0. The summed E-state index contributed by atoms with van der Waals surface area (Å²) in [5.74, 6) is 0. The molecule has 0 radical (unpaired) electrons. The lowest BCUT2D eigenvalue weighted by Crippen LogP contribution is -2.40. The molecule has 1 aliphatic rings. The van der Waals surface area contributed by atoms with E-state index < -0.39 is 11.7 Å². The average Bonchev–Trinajstić information content (AvgIpc) is 3.16. The summed E-state index contributed by atoms with van der Waals surface area (Å²) in [5, 5.41) is 4.61. The van der Waals surface area contributed by atoms with Crippen molar-refractivity contribution in [1.82, 2.24) is 14.7 Å². The lowest BCUT2D eigenvalue weighted by atomic mass is 10.0. The Hall–Kier alpha value is -3.61. The molecule has 0 aliphatic carbocycles. The van der Waals surface area contributed by atoms with Crippen molar-refractivity contribution in [3.63, 3.8) is 0 Å². The number of fused-ring (bicyclic) bond motifs is 1. The standard InChI is InChI=1S/C25H27N3O4/c1-25(2,3)32-23(29)27-15-14-21-20(16-27)22(19-12-8-5-9-13-19)26-28(21)24(30)31-17-18-10-6-4-7-11-18/h4-13H,14-17H2,1-3H3. The molecule has 7 nitrogen and oxygen atoms in total. The van der Waals surface area contributed by atoms with Gasteiger partial charge in [-0.2, -0.15) is 9.78 Å². The quantitative estimate of drug-likeness (QED) is 0.579. The number of aromatic nitrogens is 2. The number of hydrogen-bond donors (Lipinski definition) is 0. The highest BCUT2D eigenvalue weighted by Crippen LogP contribution is 2.31. The number of rotatable bonds is 3. The van der Waals surface area contributed by atoms with Crippen LogP contribution in [0.3, 0.4) is 0 Å². The van der Waals surface area contributed by atoms with Crippen LogP contribution in [0.15, 0.2) is 60.7 Å². The molecule has 0 N–H and O–H groups in total. The summed E-state index contributed by atoms with van der Waals surface area (Å²) in [4.78, 5) is 27.2. The van der Waals surface area contributed by atoms with E-state index in [1.54, 1.807) is 4.90 Å². The molecule has 2 aromatic carbocycles. The number of carbonyl (C=O) groups is 2. The number of benzene rings is 2. The zero-order chi connectivity index (χ0) is 22.7. The zero-order valence-electron chi connectivity index (χ0n) is 18.6. The predicted molar refractivity (Wildman–Crippen MR) is 120 cm³/mol. The third-order valence-corrected chi connectivity index (χ3v) is 5.13. The molecule has 166 valence electrons. The molecule has 0 spiro atoms. The summed E-state index contributed by atoms with van der Waals surface area (Å²) in [6.07, 6.45) is -0.422. The molecule has 0 saturated heterocycles. The lowest BCUT2D eigenvalue weighted by Gasteiger charge is -2.30. The van der Waals surface area contributed by atoms with Crippen molar-refractivity contribution >= 4 is 12.2 Å². The van der Waals surface area contributed by atoms with Gasteiger partial charge in [0.2, 0.25) is 0 Å². The Labute approximate surface area is 187 Å². The van der Waals surface area contributed by atoms with Crippen LogP contribution in [0.1, 0.15) is 37.6 Å². The van der Waals surface area contributed by atoms with Crippen LogP contribution in [0.2, 0.25) is 0 Å². The Kier molecular flexibility index (Phi) is 5.99. The van der Waals surface area contributed by atoms with E-state index >= 15 is 0 Å². The number of amides is 1. The first kappa shape index (κ1) is 21.6. The minimum absolute atomic E-state index is 0.166. The van der Waals surface area contributed by atoms with Crippen LogP contribution in [-0.2, 0) is 29.0 Å². The van der Waals surface area contributed by atoms with Crippen LogP contribution in [0.4, 0.5) is 9.59 Å². The van der Waals surface area contributed by atoms with E-state index in [-0.39, 0.29) is 12.7 Å². The Morgan fingerprint density at radius 1 is 0.969 bits per heavy atom. The molecular formula is C25H27N3O4. The predicted octanol–water partition coefficient (Wildman–Crippen LogP) is 5.03. The van der Waals surface area contributed by atoms with Gasteiger partial charge in [0.25, 0.3) is 0 Å². The Bertz CT molecular complexity index is 1100.